The van der Waals surface area contributed by atoms with Crippen molar-refractivity contribution in [3.63, 3.8) is 0 Å². The van der Waals surface area contributed by atoms with Crippen molar-refractivity contribution < 1.29 is 14.3 Å². The predicted molar refractivity (Wildman–Crippen MR) is 93.7 cm³/mol. The molecule has 0 saturated heterocycles. The molecule has 1 saturated carbocycles. The number of carbonyl (C=O) groups excluding carboxylic acids is 2. The molecule has 2 rings (SSSR count). The minimum Gasteiger partial charge on any atom is -0.495 e. The Morgan fingerprint density at radius 1 is 1.38 bits per heavy atom. The van der Waals surface area contributed by atoms with Crippen LogP contribution in [0.1, 0.15) is 45.1 Å². The Morgan fingerprint density at radius 3 is 2.75 bits per heavy atom. The van der Waals surface area contributed by atoms with Crippen molar-refractivity contribution in [1.29, 1.82) is 0 Å². The van der Waals surface area contributed by atoms with E-state index in [1.807, 2.05) is 19.1 Å². The minimum absolute atomic E-state index is 0.00315. The maximum Gasteiger partial charge on any atom is 0.225 e. The molecule has 0 bridgehead atoms. The number of hydrogen-bond acceptors (Lipinski definition) is 4. The molecule has 1 aromatic rings. The van der Waals surface area contributed by atoms with E-state index in [1.165, 1.54) is 6.92 Å². The van der Waals surface area contributed by atoms with Crippen molar-refractivity contribution in [3.8, 4) is 5.75 Å². The Morgan fingerprint density at radius 2 is 2.12 bits per heavy atom. The average molecular weight is 333 g/mol. The van der Waals surface area contributed by atoms with Gasteiger partial charge in [-0.15, -0.1) is 0 Å². The summed E-state index contributed by atoms with van der Waals surface area (Å²) >= 11 is 0. The average Bonchev–Trinajstić information content (AvgIpc) is 2.52. The summed E-state index contributed by atoms with van der Waals surface area (Å²) in [6.45, 7) is 3.79. The molecule has 0 aromatic heterocycles. The fourth-order valence-corrected chi connectivity index (χ4v) is 3.25. The number of nitrogens with two attached hydrogens (primary N) is 1. The lowest BCUT2D eigenvalue weighted by molar-refractivity contribution is -0.128. The number of anilines is 1. The zero-order valence-corrected chi connectivity index (χ0v) is 14.6. The van der Waals surface area contributed by atoms with Gasteiger partial charge in [0.1, 0.15) is 5.75 Å². The molecule has 2 atom stereocenters. The third-order valence-corrected chi connectivity index (χ3v) is 4.61. The number of methoxy groups -OCH3 is 1. The first-order valence-corrected chi connectivity index (χ1v) is 8.34. The Kier molecular flexibility index (Phi) is 5.83. The summed E-state index contributed by atoms with van der Waals surface area (Å²) in [6.07, 6.45) is 3.83. The summed E-state index contributed by atoms with van der Waals surface area (Å²) in [5.74, 6) is 0.258. The highest BCUT2D eigenvalue weighted by molar-refractivity contribution is 5.90. The van der Waals surface area contributed by atoms with Crippen molar-refractivity contribution >= 4 is 17.5 Å². The number of ether oxygens (including phenoxy) is 1. The van der Waals surface area contributed by atoms with E-state index in [2.05, 4.69) is 10.6 Å². The topological polar surface area (TPSA) is 93.4 Å². The first kappa shape index (κ1) is 18.3. The molecule has 1 aliphatic carbocycles. The molecule has 6 heteroatoms. The van der Waals surface area contributed by atoms with Crippen LogP contribution >= 0.6 is 0 Å². The SMILES string of the molecule is COc1ccc(CNC(=O)C2CCCCC2(C)N)cc1NC(C)=O. The molecule has 0 aliphatic heterocycles. The van der Waals surface area contributed by atoms with Crippen LogP contribution in [0.5, 0.6) is 5.75 Å². The van der Waals surface area contributed by atoms with Gasteiger partial charge in [0, 0.05) is 19.0 Å². The van der Waals surface area contributed by atoms with Crippen molar-refractivity contribution in [2.75, 3.05) is 12.4 Å². The Labute approximate surface area is 143 Å². The van der Waals surface area contributed by atoms with Crippen LogP contribution in [0.15, 0.2) is 18.2 Å². The quantitative estimate of drug-likeness (QED) is 0.770. The smallest absolute Gasteiger partial charge is 0.225 e. The molecule has 1 fully saturated rings. The van der Waals surface area contributed by atoms with E-state index >= 15 is 0 Å². The van der Waals surface area contributed by atoms with Crippen molar-refractivity contribution in [1.82, 2.24) is 5.32 Å². The van der Waals surface area contributed by atoms with Gasteiger partial charge in [-0.1, -0.05) is 18.9 Å². The second-order valence-corrected chi connectivity index (χ2v) is 6.74. The monoisotopic (exact) mass is 333 g/mol. The molecule has 132 valence electrons. The molecule has 0 spiro atoms. The Balaban J connectivity index is 2.03. The first-order chi connectivity index (χ1) is 11.3. The number of hydrogen-bond donors (Lipinski definition) is 3. The highest BCUT2D eigenvalue weighted by Crippen LogP contribution is 2.32. The van der Waals surface area contributed by atoms with Gasteiger partial charge < -0.3 is 21.1 Å². The molecular formula is C18H27N3O3. The highest BCUT2D eigenvalue weighted by atomic mass is 16.5. The van der Waals surface area contributed by atoms with Gasteiger partial charge in [-0.3, -0.25) is 9.59 Å². The molecule has 0 radical (unpaired) electrons. The number of nitrogens with one attached hydrogen (secondary N) is 2. The van der Waals surface area contributed by atoms with Crippen LogP contribution in [0.3, 0.4) is 0 Å². The largest absolute Gasteiger partial charge is 0.495 e. The molecule has 0 heterocycles. The number of benzene rings is 1. The third-order valence-electron chi connectivity index (χ3n) is 4.61. The number of carbonyl (C=O) groups is 2. The summed E-state index contributed by atoms with van der Waals surface area (Å²) in [5, 5.41) is 5.70. The lowest BCUT2D eigenvalue weighted by Gasteiger charge is -2.37. The zero-order chi connectivity index (χ0) is 17.7. The molecule has 24 heavy (non-hydrogen) atoms. The van der Waals surface area contributed by atoms with Gasteiger partial charge in [0.2, 0.25) is 11.8 Å². The van der Waals surface area contributed by atoms with Gasteiger partial charge in [0.25, 0.3) is 0 Å². The van der Waals surface area contributed by atoms with E-state index in [0.717, 1.165) is 31.2 Å². The summed E-state index contributed by atoms with van der Waals surface area (Å²) in [6, 6.07) is 5.45. The van der Waals surface area contributed by atoms with Crippen LogP contribution < -0.4 is 21.1 Å². The lowest BCUT2D eigenvalue weighted by Crippen LogP contribution is -2.52. The molecule has 1 aliphatic rings. The van der Waals surface area contributed by atoms with Crippen molar-refractivity contribution in [3.05, 3.63) is 23.8 Å². The van der Waals surface area contributed by atoms with E-state index in [0.29, 0.717) is 18.0 Å². The van der Waals surface area contributed by atoms with Gasteiger partial charge in [-0.25, -0.2) is 0 Å². The van der Waals surface area contributed by atoms with Gasteiger partial charge in [0.15, 0.2) is 0 Å². The Bertz CT molecular complexity index is 614. The van der Waals surface area contributed by atoms with Crippen LogP contribution in [-0.2, 0) is 16.1 Å². The lowest BCUT2D eigenvalue weighted by atomic mass is 9.74. The molecule has 1 aromatic carbocycles. The maximum atomic E-state index is 12.5. The number of rotatable bonds is 5. The fourth-order valence-electron chi connectivity index (χ4n) is 3.25. The van der Waals surface area contributed by atoms with Gasteiger partial charge >= 0.3 is 0 Å². The van der Waals surface area contributed by atoms with Crippen molar-refractivity contribution in [2.45, 2.75) is 51.6 Å². The zero-order valence-electron chi connectivity index (χ0n) is 14.6. The molecule has 2 amide bonds. The van der Waals surface area contributed by atoms with Crippen LogP contribution in [0.4, 0.5) is 5.69 Å². The Hall–Kier alpha value is -2.08. The van der Waals surface area contributed by atoms with E-state index in [9.17, 15) is 9.59 Å². The van der Waals surface area contributed by atoms with Crippen LogP contribution in [0.25, 0.3) is 0 Å². The number of amides is 2. The maximum absolute atomic E-state index is 12.5. The van der Waals surface area contributed by atoms with E-state index in [-0.39, 0.29) is 17.7 Å². The van der Waals surface area contributed by atoms with E-state index < -0.39 is 5.54 Å². The summed E-state index contributed by atoms with van der Waals surface area (Å²) < 4.78 is 5.23. The van der Waals surface area contributed by atoms with Crippen molar-refractivity contribution in [2.24, 2.45) is 11.7 Å². The highest BCUT2D eigenvalue weighted by Gasteiger charge is 2.37. The molecular weight excluding hydrogens is 306 g/mol. The van der Waals surface area contributed by atoms with Gasteiger partial charge in [-0.05, 0) is 37.5 Å². The summed E-state index contributed by atoms with van der Waals surface area (Å²) in [7, 11) is 1.55. The summed E-state index contributed by atoms with van der Waals surface area (Å²) in [4.78, 5) is 23.8. The summed E-state index contributed by atoms with van der Waals surface area (Å²) in [5.41, 5.74) is 7.33. The second-order valence-electron chi connectivity index (χ2n) is 6.74. The second kappa shape index (κ2) is 7.66. The van der Waals surface area contributed by atoms with E-state index in [4.69, 9.17) is 10.5 Å². The standard InChI is InChI=1S/C18H27N3O3/c1-12(22)21-15-10-13(7-8-16(15)24-3)11-20-17(23)14-6-4-5-9-18(14,2)19/h7-8,10,14H,4-6,9,11,19H2,1-3H3,(H,20,23)(H,21,22). The molecule has 2 unspecified atom stereocenters. The molecule has 4 N–H and O–H groups in total. The molecule has 6 nitrogen and oxygen atoms in total. The van der Waals surface area contributed by atoms with Gasteiger partial charge in [-0.2, -0.15) is 0 Å². The third kappa shape index (κ3) is 4.47. The predicted octanol–water partition coefficient (Wildman–Crippen LogP) is 2.18. The van der Waals surface area contributed by atoms with E-state index in [1.54, 1.807) is 13.2 Å². The van der Waals surface area contributed by atoms with Gasteiger partial charge in [0.05, 0.1) is 18.7 Å². The normalized spacial score (nSPS) is 23.4. The van der Waals surface area contributed by atoms with Crippen LogP contribution in [0.2, 0.25) is 0 Å². The first-order valence-electron chi connectivity index (χ1n) is 8.34. The van der Waals surface area contributed by atoms with Crippen LogP contribution in [0, 0.1) is 5.92 Å². The fraction of sp³-hybridized carbons (Fsp3) is 0.556. The minimum atomic E-state index is -0.441. The van der Waals surface area contributed by atoms with Crippen LogP contribution in [-0.4, -0.2) is 24.5 Å².